The van der Waals surface area contributed by atoms with Crippen molar-refractivity contribution in [2.24, 2.45) is 5.92 Å². The van der Waals surface area contributed by atoms with Crippen molar-refractivity contribution in [3.05, 3.63) is 106 Å². The van der Waals surface area contributed by atoms with Gasteiger partial charge in [-0.25, -0.2) is 9.18 Å². The van der Waals surface area contributed by atoms with Crippen LogP contribution in [0.25, 0.3) is 16.5 Å². The van der Waals surface area contributed by atoms with Gasteiger partial charge in [0.25, 0.3) is 5.56 Å². The van der Waals surface area contributed by atoms with Gasteiger partial charge in [0.05, 0.1) is 23.7 Å². The maximum atomic E-state index is 15.2. The molecule has 0 bridgehead atoms. The average Bonchev–Trinajstić information content (AvgIpc) is 3.72. The fourth-order valence-corrected chi connectivity index (χ4v) is 5.39. The standard InChI is InChI=1S/C31H28FN3O4/c32-24-14-7-13-23-27(24)30(37)35(22-11-5-2-6-12-22)25(19-34-18-8-15-26(34)36)29(23)39-31(38)33-28(21-16-17-21)20-9-3-1-4-10-20/h1-7,9-14,21,28H,8,15-19H2,(H,33,38)/t28-/m1/s1. The largest absolute Gasteiger partial charge is 0.413 e. The first-order chi connectivity index (χ1) is 19.0. The molecule has 7 nitrogen and oxygen atoms in total. The van der Waals surface area contributed by atoms with E-state index in [1.165, 1.54) is 16.7 Å². The minimum atomic E-state index is -0.712. The second-order valence-electron chi connectivity index (χ2n) is 10.1. The van der Waals surface area contributed by atoms with E-state index in [2.05, 4.69) is 5.32 Å². The Morgan fingerprint density at radius 3 is 2.36 bits per heavy atom. The van der Waals surface area contributed by atoms with Crippen molar-refractivity contribution < 1.29 is 18.7 Å². The fraction of sp³-hybridized carbons (Fsp3) is 0.258. The van der Waals surface area contributed by atoms with Crippen LogP contribution < -0.4 is 15.6 Å². The molecule has 1 atom stereocenters. The predicted molar refractivity (Wildman–Crippen MR) is 145 cm³/mol. The molecule has 6 rings (SSSR count). The maximum absolute atomic E-state index is 15.2. The lowest BCUT2D eigenvalue weighted by Crippen LogP contribution is -2.35. The van der Waals surface area contributed by atoms with Gasteiger partial charge < -0.3 is 15.0 Å². The van der Waals surface area contributed by atoms with Crippen LogP contribution >= 0.6 is 0 Å². The Kier molecular flexibility index (Phi) is 6.60. The molecule has 2 amide bonds. The van der Waals surface area contributed by atoms with Crippen molar-refractivity contribution in [2.45, 2.75) is 38.3 Å². The first-order valence-corrected chi connectivity index (χ1v) is 13.2. The van der Waals surface area contributed by atoms with E-state index in [4.69, 9.17) is 4.74 Å². The number of pyridine rings is 1. The number of aromatic nitrogens is 1. The van der Waals surface area contributed by atoms with E-state index in [-0.39, 0.29) is 35.0 Å². The lowest BCUT2D eigenvalue weighted by Gasteiger charge is -2.24. The first kappa shape index (κ1) is 24.9. The van der Waals surface area contributed by atoms with Crippen LogP contribution in [0.4, 0.5) is 9.18 Å². The van der Waals surface area contributed by atoms with Crippen LogP contribution in [0.3, 0.4) is 0 Å². The van der Waals surface area contributed by atoms with Crippen LogP contribution in [0.2, 0.25) is 0 Å². The Hall–Kier alpha value is -4.46. The van der Waals surface area contributed by atoms with Crippen molar-refractivity contribution in [3.8, 4) is 11.4 Å². The molecular weight excluding hydrogens is 497 g/mol. The summed E-state index contributed by atoms with van der Waals surface area (Å²) >= 11 is 0. The number of fused-ring (bicyclic) bond motifs is 1. The molecule has 198 valence electrons. The summed E-state index contributed by atoms with van der Waals surface area (Å²) in [5.41, 5.74) is 1.20. The smallest absolute Gasteiger partial charge is 0.408 e. The summed E-state index contributed by atoms with van der Waals surface area (Å²) < 4.78 is 22.5. The van der Waals surface area contributed by atoms with Crippen molar-refractivity contribution in [2.75, 3.05) is 6.54 Å². The molecule has 1 saturated heterocycles. The Labute approximate surface area is 224 Å². The van der Waals surface area contributed by atoms with Gasteiger partial charge in [0, 0.05) is 24.0 Å². The highest BCUT2D eigenvalue weighted by atomic mass is 19.1. The molecule has 0 spiro atoms. The van der Waals surface area contributed by atoms with Gasteiger partial charge in [-0.3, -0.25) is 14.2 Å². The number of carbonyl (C=O) groups is 2. The van der Waals surface area contributed by atoms with E-state index in [0.29, 0.717) is 36.7 Å². The number of para-hydroxylation sites is 1. The zero-order chi connectivity index (χ0) is 26.9. The third-order valence-electron chi connectivity index (χ3n) is 7.45. The van der Waals surface area contributed by atoms with Crippen LogP contribution in [-0.4, -0.2) is 28.0 Å². The molecule has 1 aliphatic heterocycles. The van der Waals surface area contributed by atoms with Crippen LogP contribution in [0.1, 0.15) is 43.0 Å². The molecule has 1 aromatic heterocycles. The molecular formula is C31H28FN3O4. The number of nitrogens with zero attached hydrogens (tertiary/aromatic N) is 2. The number of rotatable bonds is 7. The van der Waals surface area contributed by atoms with Gasteiger partial charge in [-0.05, 0) is 48.9 Å². The summed E-state index contributed by atoms with van der Waals surface area (Å²) in [5.74, 6) is -0.395. The third kappa shape index (κ3) is 4.90. The third-order valence-corrected chi connectivity index (χ3v) is 7.45. The lowest BCUT2D eigenvalue weighted by molar-refractivity contribution is -0.128. The summed E-state index contributed by atoms with van der Waals surface area (Å²) in [4.78, 5) is 41.5. The summed E-state index contributed by atoms with van der Waals surface area (Å²) in [7, 11) is 0. The number of amides is 2. The van der Waals surface area contributed by atoms with E-state index in [0.717, 1.165) is 18.4 Å². The van der Waals surface area contributed by atoms with Gasteiger partial charge in [-0.2, -0.15) is 0 Å². The van der Waals surface area contributed by atoms with E-state index < -0.39 is 17.5 Å². The summed E-state index contributed by atoms with van der Waals surface area (Å²) in [6.45, 7) is 0.565. The van der Waals surface area contributed by atoms with E-state index in [1.807, 2.05) is 36.4 Å². The number of benzene rings is 3. The van der Waals surface area contributed by atoms with Gasteiger partial charge in [-0.1, -0.05) is 60.7 Å². The maximum Gasteiger partial charge on any atom is 0.413 e. The van der Waals surface area contributed by atoms with Crippen molar-refractivity contribution in [3.63, 3.8) is 0 Å². The van der Waals surface area contributed by atoms with Crippen molar-refractivity contribution >= 4 is 22.8 Å². The molecule has 2 fully saturated rings. The second-order valence-corrected chi connectivity index (χ2v) is 10.1. The fourth-order valence-electron chi connectivity index (χ4n) is 5.39. The van der Waals surface area contributed by atoms with Gasteiger partial charge >= 0.3 is 6.09 Å². The number of hydrogen-bond donors (Lipinski definition) is 1. The van der Waals surface area contributed by atoms with Crippen LogP contribution in [0.5, 0.6) is 5.75 Å². The minimum Gasteiger partial charge on any atom is -0.408 e. The summed E-state index contributed by atoms with van der Waals surface area (Å²) in [5, 5.41) is 3.01. The Balaban J connectivity index is 1.49. The Bertz CT molecular complexity index is 1600. The zero-order valence-electron chi connectivity index (χ0n) is 21.3. The second kappa shape index (κ2) is 10.4. The normalized spacial score (nSPS) is 15.9. The van der Waals surface area contributed by atoms with Crippen LogP contribution in [0.15, 0.2) is 83.7 Å². The highest BCUT2D eigenvalue weighted by Gasteiger charge is 2.34. The van der Waals surface area contributed by atoms with Crippen molar-refractivity contribution in [1.82, 2.24) is 14.8 Å². The number of likely N-dealkylation sites (tertiary alicyclic amines) is 1. The Morgan fingerprint density at radius 1 is 0.974 bits per heavy atom. The molecule has 3 aromatic carbocycles. The molecule has 39 heavy (non-hydrogen) atoms. The number of ether oxygens (including phenoxy) is 1. The zero-order valence-corrected chi connectivity index (χ0v) is 21.3. The van der Waals surface area contributed by atoms with E-state index >= 15 is 4.39 Å². The van der Waals surface area contributed by atoms with Crippen LogP contribution in [0, 0.1) is 11.7 Å². The number of halogens is 1. The minimum absolute atomic E-state index is 0.0444. The van der Waals surface area contributed by atoms with Gasteiger partial charge in [0.15, 0.2) is 5.75 Å². The molecule has 4 aromatic rings. The van der Waals surface area contributed by atoms with E-state index in [9.17, 15) is 14.4 Å². The predicted octanol–water partition coefficient (Wildman–Crippen LogP) is 5.49. The number of nitrogens with one attached hydrogen (secondary N) is 1. The molecule has 0 unspecified atom stereocenters. The van der Waals surface area contributed by atoms with Crippen molar-refractivity contribution in [1.29, 1.82) is 0 Å². The highest BCUT2D eigenvalue weighted by Crippen LogP contribution is 2.41. The molecule has 2 aliphatic rings. The summed E-state index contributed by atoms with van der Waals surface area (Å²) in [6, 6.07) is 22.5. The monoisotopic (exact) mass is 525 g/mol. The van der Waals surface area contributed by atoms with Gasteiger partial charge in [0.1, 0.15) is 5.82 Å². The van der Waals surface area contributed by atoms with E-state index in [1.54, 1.807) is 35.2 Å². The van der Waals surface area contributed by atoms with Crippen LogP contribution in [-0.2, 0) is 11.3 Å². The Morgan fingerprint density at radius 2 is 1.69 bits per heavy atom. The first-order valence-electron chi connectivity index (χ1n) is 13.2. The highest BCUT2D eigenvalue weighted by molar-refractivity contribution is 5.91. The van der Waals surface area contributed by atoms with Gasteiger partial charge in [-0.15, -0.1) is 0 Å². The number of hydrogen-bond acceptors (Lipinski definition) is 4. The quantitative estimate of drug-likeness (QED) is 0.346. The average molecular weight is 526 g/mol. The molecule has 1 N–H and O–H groups in total. The molecule has 1 aliphatic carbocycles. The topological polar surface area (TPSA) is 80.6 Å². The molecule has 2 heterocycles. The molecule has 8 heteroatoms. The molecule has 0 radical (unpaired) electrons. The van der Waals surface area contributed by atoms with Gasteiger partial charge in [0.2, 0.25) is 5.91 Å². The summed E-state index contributed by atoms with van der Waals surface area (Å²) in [6.07, 6.45) is 2.40. The SMILES string of the molecule is O=C(N[C@H](c1ccccc1)C1CC1)Oc1c(CN2CCCC2=O)n(-c2ccccc2)c(=O)c2c(F)cccc12. The number of carbonyl (C=O) groups excluding carboxylic acids is 2. The lowest BCUT2D eigenvalue weighted by atomic mass is 10.0. The molecule has 1 saturated carbocycles.